The van der Waals surface area contributed by atoms with Gasteiger partial charge < -0.3 is 14.2 Å². The van der Waals surface area contributed by atoms with Gasteiger partial charge in [0.15, 0.2) is 0 Å². The zero-order valence-corrected chi connectivity index (χ0v) is 8.29. The molecule has 5 heteroatoms. The Kier molecular flexibility index (Phi) is 3.13. The maximum atomic E-state index is 11.4. The monoisotopic (exact) mass is 214 g/mol. The molecule has 0 bridgehead atoms. The average molecular weight is 214 g/mol. The van der Waals surface area contributed by atoms with Crippen LogP contribution in [0.3, 0.4) is 0 Å². The zero-order valence-electron chi connectivity index (χ0n) is 7.47. The van der Waals surface area contributed by atoms with E-state index in [1.807, 2.05) is 5.38 Å². The Morgan fingerprint density at radius 1 is 1.57 bits per heavy atom. The molecule has 4 nitrogen and oxygen atoms in total. The molecule has 2 heterocycles. The summed E-state index contributed by atoms with van der Waals surface area (Å²) in [6.45, 7) is 1.35. The maximum absolute atomic E-state index is 11.4. The second-order valence-electron chi connectivity index (χ2n) is 2.76. The van der Waals surface area contributed by atoms with E-state index in [0.717, 1.165) is 0 Å². The summed E-state index contributed by atoms with van der Waals surface area (Å²) in [6, 6.07) is 3.52. The van der Waals surface area contributed by atoms with Crippen LogP contribution < -0.4 is 0 Å². The molecule has 14 heavy (non-hydrogen) atoms. The number of rotatable bonds is 2. The van der Waals surface area contributed by atoms with Crippen molar-refractivity contribution in [2.24, 2.45) is 0 Å². The van der Waals surface area contributed by atoms with Crippen molar-refractivity contribution in [2.75, 3.05) is 19.8 Å². The van der Waals surface area contributed by atoms with Crippen LogP contribution in [0.1, 0.15) is 9.67 Å². The summed E-state index contributed by atoms with van der Waals surface area (Å²) in [5.41, 5.74) is 0. The van der Waals surface area contributed by atoms with Crippen molar-refractivity contribution in [2.45, 2.75) is 6.29 Å². The fraction of sp³-hybridized carbons (Fsp3) is 0.444. The van der Waals surface area contributed by atoms with Gasteiger partial charge in [0.05, 0.1) is 13.2 Å². The van der Waals surface area contributed by atoms with Gasteiger partial charge in [-0.05, 0) is 11.4 Å². The van der Waals surface area contributed by atoms with Gasteiger partial charge in [0.2, 0.25) is 6.29 Å². The van der Waals surface area contributed by atoms with Crippen LogP contribution >= 0.6 is 11.3 Å². The molecule has 1 unspecified atom stereocenters. The van der Waals surface area contributed by atoms with Crippen LogP contribution in [0.4, 0.5) is 0 Å². The molecule has 1 fully saturated rings. The largest absolute Gasteiger partial charge is 0.429 e. The molecule has 1 aliphatic rings. The van der Waals surface area contributed by atoms with Crippen molar-refractivity contribution >= 4 is 17.3 Å². The minimum Gasteiger partial charge on any atom is -0.429 e. The van der Waals surface area contributed by atoms with E-state index in [2.05, 4.69) is 0 Å². The highest BCUT2D eigenvalue weighted by Crippen LogP contribution is 2.12. The second kappa shape index (κ2) is 4.54. The highest BCUT2D eigenvalue weighted by Gasteiger charge is 2.19. The predicted molar refractivity (Wildman–Crippen MR) is 50.3 cm³/mol. The van der Waals surface area contributed by atoms with Crippen molar-refractivity contribution in [3.8, 4) is 0 Å². The predicted octanol–water partition coefficient (Wildman–Crippen LogP) is 1.28. The smallest absolute Gasteiger partial charge is 0.350 e. The summed E-state index contributed by atoms with van der Waals surface area (Å²) in [5.74, 6) is -0.351. The van der Waals surface area contributed by atoms with Crippen LogP contribution in [-0.4, -0.2) is 32.1 Å². The van der Waals surface area contributed by atoms with Gasteiger partial charge >= 0.3 is 5.97 Å². The van der Waals surface area contributed by atoms with E-state index in [4.69, 9.17) is 14.2 Å². The molecule has 0 aliphatic carbocycles. The summed E-state index contributed by atoms with van der Waals surface area (Å²) < 4.78 is 15.3. The highest BCUT2D eigenvalue weighted by molar-refractivity contribution is 7.11. The molecule has 0 spiro atoms. The van der Waals surface area contributed by atoms with Crippen molar-refractivity contribution in [1.82, 2.24) is 0 Å². The van der Waals surface area contributed by atoms with Crippen molar-refractivity contribution < 1.29 is 19.0 Å². The van der Waals surface area contributed by atoms with Gasteiger partial charge in [-0.2, -0.15) is 0 Å². The topological polar surface area (TPSA) is 44.8 Å². The first-order valence-corrected chi connectivity index (χ1v) is 5.18. The number of carbonyl (C=O) groups excluding carboxylic acids is 1. The number of thiophene rings is 1. The van der Waals surface area contributed by atoms with Gasteiger partial charge in [0.1, 0.15) is 11.5 Å². The molecule has 2 rings (SSSR count). The van der Waals surface area contributed by atoms with Crippen LogP contribution in [-0.2, 0) is 14.2 Å². The highest BCUT2D eigenvalue weighted by atomic mass is 32.1. The van der Waals surface area contributed by atoms with E-state index in [0.29, 0.717) is 24.7 Å². The molecule has 76 valence electrons. The van der Waals surface area contributed by atoms with E-state index in [-0.39, 0.29) is 5.97 Å². The Labute approximate surface area is 85.4 Å². The van der Waals surface area contributed by atoms with E-state index < -0.39 is 6.29 Å². The Bertz CT molecular complexity index is 290. The third kappa shape index (κ3) is 2.31. The van der Waals surface area contributed by atoms with Crippen LogP contribution in [0.15, 0.2) is 17.5 Å². The molecule has 1 saturated heterocycles. The van der Waals surface area contributed by atoms with Gasteiger partial charge in [-0.15, -0.1) is 11.3 Å². The van der Waals surface area contributed by atoms with Crippen molar-refractivity contribution in [1.29, 1.82) is 0 Å². The number of hydrogen-bond acceptors (Lipinski definition) is 5. The quantitative estimate of drug-likeness (QED) is 0.696. The van der Waals surface area contributed by atoms with Crippen molar-refractivity contribution in [3.05, 3.63) is 22.4 Å². The Balaban J connectivity index is 1.87. The minimum atomic E-state index is -0.557. The first-order chi connectivity index (χ1) is 6.86. The van der Waals surface area contributed by atoms with Crippen LogP contribution in [0, 0.1) is 0 Å². The summed E-state index contributed by atoms with van der Waals surface area (Å²) >= 11 is 1.35. The summed E-state index contributed by atoms with van der Waals surface area (Å²) in [7, 11) is 0. The van der Waals surface area contributed by atoms with Crippen LogP contribution in [0.25, 0.3) is 0 Å². The zero-order chi connectivity index (χ0) is 9.80. The lowest BCUT2D eigenvalue weighted by Crippen LogP contribution is -2.32. The van der Waals surface area contributed by atoms with Gasteiger partial charge in [-0.25, -0.2) is 4.79 Å². The lowest BCUT2D eigenvalue weighted by atomic mass is 10.5. The Hall–Kier alpha value is -0.910. The summed E-state index contributed by atoms with van der Waals surface area (Å²) in [5, 5.41) is 1.83. The van der Waals surface area contributed by atoms with Gasteiger partial charge in [0, 0.05) is 0 Å². The van der Waals surface area contributed by atoms with E-state index >= 15 is 0 Å². The molecular formula is C9H10O4S. The van der Waals surface area contributed by atoms with Crippen LogP contribution in [0.5, 0.6) is 0 Å². The lowest BCUT2D eigenvalue weighted by molar-refractivity contribution is -0.186. The molecule has 0 amide bonds. The summed E-state index contributed by atoms with van der Waals surface area (Å²) in [6.07, 6.45) is -0.557. The molecule has 1 aromatic rings. The fourth-order valence-corrected chi connectivity index (χ4v) is 1.71. The van der Waals surface area contributed by atoms with Crippen LogP contribution in [0.2, 0.25) is 0 Å². The second-order valence-corrected chi connectivity index (χ2v) is 3.71. The number of esters is 1. The molecule has 0 N–H and O–H groups in total. The molecule has 0 radical (unpaired) electrons. The molecule has 1 atom stereocenters. The first-order valence-electron chi connectivity index (χ1n) is 4.30. The number of ether oxygens (including phenoxy) is 3. The van der Waals surface area contributed by atoms with Crippen molar-refractivity contribution in [3.63, 3.8) is 0 Å². The fourth-order valence-electron chi connectivity index (χ4n) is 1.11. The lowest BCUT2D eigenvalue weighted by Gasteiger charge is -2.22. The third-order valence-electron chi connectivity index (χ3n) is 1.75. The average Bonchev–Trinajstić information content (AvgIpc) is 2.72. The first kappa shape index (κ1) is 9.64. The minimum absolute atomic E-state index is 0.317. The summed E-state index contributed by atoms with van der Waals surface area (Å²) in [4.78, 5) is 12.0. The SMILES string of the molecule is O=C(OC1COCCO1)c1cccs1. The molecule has 1 aliphatic heterocycles. The Morgan fingerprint density at radius 2 is 2.50 bits per heavy atom. The van der Waals surface area contributed by atoms with E-state index in [1.165, 1.54) is 11.3 Å². The number of hydrogen-bond donors (Lipinski definition) is 0. The molecule has 0 saturated carbocycles. The van der Waals surface area contributed by atoms with E-state index in [9.17, 15) is 4.79 Å². The third-order valence-corrected chi connectivity index (χ3v) is 2.60. The molecule has 1 aromatic heterocycles. The van der Waals surface area contributed by atoms with Gasteiger partial charge in [-0.1, -0.05) is 6.07 Å². The molecule has 0 aromatic carbocycles. The number of carbonyl (C=O) groups is 1. The van der Waals surface area contributed by atoms with Gasteiger partial charge in [0.25, 0.3) is 0 Å². The normalized spacial score (nSPS) is 21.9. The van der Waals surface area contributed by atoms with E-state index in [1.54, 1.807) is 12.1 Å². The maximum Gasteiger partial charge on any atom is 0.350 e. The Morgan fingerprint density at radius 3 is 3.14 bits per heavy atom. The molecular weight excluding hydrogens is 204 g/mol. The van der Waals surface area contributed by atoms with Gasteiger partial charge in [-0.3, -0.25) is 0 Å². The standard InChI is InChI=1S/C9H10O4S/c10-9(7-2-1-5-14-7)13-8-6-11-3-4-12-8/h1-2,5,8H,3-4,6H2.